The van der Waals surface area contributed by atoms with Crippen molar-refractivity contribution in [3.8, 4) is 17.2 Å². The minimum absolute atomic E-state index is 0.242. The van der Waals surface area contributed by atoms with E-state index in [1.165, 1.54) is 16.7 Å². The second-order valence-electron chi connectivity index (χ2n) is 7.23. The van der Waals surface area contributed by atoms with E-state index >= 15 is 0 Å². The molecule has 0 spiro atoms. The van der Waals surface area contributed by atoms with Crippen LogP contribution in [0.2, 0.25) is 5.02 Å². The summed E-state index contributed by atoms with van der Waals surface area (Å²) in [5.74, 6) is 0.568. The maximum Gasteiger partial charge on any atom is 0.277 e. The van der Waals surface area contributed by atoms with E-state index in [9.17, 15) is 9.59 Å². The lowest BCUT2D eigenvalue weighted by Crippen LogP contribution is -2.41. The summed E-state index contributed by atoms with van der Waals surface area (Å²) in [4.78, 5) is 27.4. The Morgan fingerprint density at radius 2 is 1.91 bits per heavy atom. The van der Waals surface area contributed by atoms with Gasteiger partial charge >= 0.3 is 0 Å². The standard InChI is InChI=1S/C23H22ClN3O4S/c1-2-30-18-12-8-15(9-13-18)20-25-26-23(31-20)32-19-5-3-4-14-27(22(19)29)21(28)16-6-10-17(24)11-7-16/h6-13,19H,2-5,14H2,1H3. The highest BCUT2D eigenvalue weighted by molar-refractivity contribution is 8.00. The van der Waals surface area contributed by atoms with Crippen LogP contribution in [0.15, 0.2) is 58.2 Å². The molecular formula is C23H22ClN3O4S. The van der Waals surface area contributed by atoms with Crippen LogP contribution in [-0.4, -0.2) is 45.3 Å². The van der Waals surface area contributed by atoms with Crippen LogP contribution < -0.4 is 4.74 Å². The zero-order valence-corrected chi connectivity index (χ0v) is 19.1. The van der Waals surface area contributed by atoms with E-state index in [0.29, 0.717) is 41.3 Å². The monoisotopic (exact) mass is 471 g/mol. The van der Waals surface area contributed by atoms with Gasteiger partial charge in [0.25, 0.3) is 11.1 Å². The van der Waals surface area contributed by atoms with Crippen molar-refractivity contribution in [1.82, 2.24) is 15.1 Å². The number of thioether (sulfide) groups is 1. The molecule has 0 radical (unpaired) electrons. The lowest BCUT2D eigenvalue weighted by molar-refractivity contribution is -0.127. The molecule has 1 fully saturated rings. The molecule has 1 aliphatic rings. The highest BCUT2D eigenvalue weighted by Crippen LogP contribution is 2.32. The van der Waals surface area contributed by atoms with Crippen LogP contribution in [0.4, 0.5) is 0 Å². The van der Waals surface area contributed by atoms with E-state index in [1.54, 1.807) is 24.3 Å². The first-order chi connectivity index (χ1) is 15.5. The third-order valence-corrected chi connectivity index (χ3v) is 6.38. The number of imide groups is 1. The smallest absolute Gasteiger partial charge is 0.277 e. The van der Waals surface area contributed by atoms with E-state index in [0.717, 1.165) is 24.2 Å². The Balaban J connectivity index is 1.47. The van der Waals surface area contributed by atoms with Gasteiger partial charge in [0, 0.05) is 22.7 Å². The number of hydrogen-bond acceptors (Lipinski definition) is 7. The minimum Gasteiger partial charge on any atom is -0.494 e. The van der Waals surface area contributed by atoms with Gasteiger partial charge in [-0.05, 0) is 68.3 Å². The van der Waals surface area contributed by atoms with Gasteiger partial charge in [0.1, 0.15) is 5.75 Å². The number of halogens is 1. The van der Waals surface area contributed by atoms with Crippen molar-refractivity contribution >= 4 is 35.2 Å². The molecule has 0 saturated carbocycles. The van der Waals surface area contributed by atoms with Gasteiger partial charge in [0.2, 0.25) is 11.8 Å². The molecule has 2 aromatic carbocycles. The van der Waals surface area contributed by atoms with Crippen LogP contribution in [0.5, 0.6) is 5.75 Å². The van der Waals surface area contributed by atoms with E-state index in [1.807, 2.05) is 31.2 Å². The molecule has 2 amide bonds. The Morgan fingerprint density at radius 3 is 2.62 bits per heavy atom. The maximum absolute atomic E-state index is 13.2. The molecule has 4 rings (SSSR count). The van der Waals surface area contributed by atoms with Crippen LogP contribution in [0.1, 0.15) is 36.5 Å². The van der Waals surface area contributed by atoms with Gasteiger partial charge in [-0.15, -0.1) is 10.2 Å². The molecule has 1 unspecified atom stereocenters. The number of aromatic nitrogens is 2. The molecule has 3 aromatic rings. The lowest BCUT2D eigenvalue weighted by Gasteiger charge is -2.21. The summed E-state index contributed by atoms with van der Waals surface area (Å²) in [7, 11) is 0. The molecule has 166 valence electrons. The Morgan fingerprint density at radius 1 is 1.16 bits per heavy atom. The minimum atomic E-state index is -0.470. The number of benzene rings is 2. The Bertz CT molecular complexity index is 1090. The second kappa shape index (κ2) is 10.2. The fourth-order valence-corrected chi connectivity index (χ4v) is 4.52. The number of carbonyl (C=O) groups excluding carboxylic acids is 2. The van der Waals surface area contributed by atoms with E-state index in [-0.39, 0.29) is 11.8 Å². The van der Waals surface area contributed by atoms with Crippen molar-refractivity contribution in [3.63, 3.8) is 0 Å². The van der Waals surface area contributed by atoms with E-state index in [4.69, 9.17) is 20.8 Å². The summed E-state index contributed by atoms with van der Waals surface area (Å²) in [6, 6.07) is 13.9. The summed E-state index contributed by atoms with van der Waals surface area (Å²) >= 11 is 7.12. The van der Waals surface area contributed by atoms with Gasteiger partial charge in [-0.3, -0.25) is 14.5 Å². The van der Waals surface area contributed by atoms with Gasteiger partial charge in [-0.1, -0.05) is 29.8 Å². The van der Waals surface area contributed by atoms with Crippen LogP contribution in [-0.2, 0) is 4.79 Å². The molecule has 1 aromatic heterocycles. The molecule has 0 bridgehead atoms. The van der Waals surface area contributed by atoms with Gasteiger partial charge in [0.15, 0.2) is 0 Å². The molecule has 2 heterocycles. The predicted molar refractivity (Wildman–Crippen MR) is 122 cm³/mol. The molecule has 1 atom stereocenters. The number of rotatable bonds is 6. The molecular weight excluding hydrogens is 450 g/mol. The largest absolute Gasteiger partial charge is 0.494 e. The van der Waals surface area contributed by atoms with Gasteiger partial charge in [-0.25, -0.2) is 0 Å². The average Bonchev–Trinajstić information content (AvgIpc) is 3.19. The third-order valence-electron chi connectivity index (χ3n) is 5.04. The third kappa shape index (κ3) is 5.14. The molecule has 1 saturated heterocycles. The molecule has 0 N–H and O–H groups in total. The van der Waals surface area contributed by atoms with Crippen molar-refractivity contribution in [1.29, 1.82) is 0 Å². The number of hydrogen-bond donors (Lipinski definition) is 0. The van der Waals surface area contributed by atoms with Crippen LogP contribution in [0, 0.1) is 0 Å². The molecule has 32 heavy (non-hydrogen) atoms. The highest BCUT2D eigenvalue weighted by Gasteiger charge is 2.33. The van der Waals surface area contributed by atoms with Crippen LogP contribution in [0.25, 0.3) is 11.5 Å². The van der Waals surface area contributed by atoms with E-state index < -0.39 is 5.25 Å². The van der Waals surface area contributed by atoms with Gasteiger partial charge in [-0.2, -0.15) is 0 Å². The van der Waals surface area contributed by atoms with Crippen LogP contribution in [0.3, 0.4) is 0 Å². The summed E-state index contributed by atoms with van der Waals surface area (Å²) in [5.41, 5.74) is 1.20. The normalized spacial score (nSPS) is 16.6. The lowest BCUT2D eigenvalue weighted by atomic mass is 10.2. The number of likely N-dealkylation sites (tertiary alicyclic amines) is 1. The fraction of sp³-hybridized carbons (Fsp3) is 0.304. The molecule has 0 aliphatic carbocycles. The topological polar surface area (TPSA) is 85.5 Å². The maximum atomic E-state index is 13.2. The quantitative estimate of drug-likeness (QED) is 0.462. The van der Waals surface area contributed by atoms with E-state index in [2.05, 4.69) is 10.2 Å². The average molecular weight is 472 g/mol. The fourth-order valence-electron chi connectivity index (χ4n) is 3.42. The summed E-state index contributed by atoms with van der Waals surface area (Å²) < 4.78 is 11.2. The number of nitrogens with zero attached hydrogens (tertiary/aromatic N) is 3. The Kier molecular flexibility index (Phi) is 7.12. The first-order valence-corrected chi connectivity index (χ1v) is 11.7. The summed E-state index contributed by atoms with van der Waals surface area (Å²) in [6.07, 6.45) is 2.21. The SMILES string of the molecule is CCOc1ccc(-c2nnc(SC3CCCCN(C(=O)c4ccc(Cl)cc4)C3=O)o2)cc1. The van der Waals surface area contributed by atoms with Crippen molar-refractivity contribution in [2.75, 3.05) is 13.2 Å². The molecule has 9 heteroatoms. The van der Waals surface area contributed by atoms with Crippen molar-refractivity contribution < 1.29 is 18.7 Å². The Labute approximate surface area is 195 Å². The first-order valence-electron chi connectivity index (χ1n) is 10.4. The van der Waals surface area contributed by atoms with Gasteiger partial charge in [0.05, 0.1) is 11.9 Å². The van der Waals surface area contributed by atoms with Crippen molar-refractivity contribution in [3.05, 3.63) is 59.1 Å². The van der Waals surface area contributed by atoms with Crippen molar-refractivity contribution in [2.45, 2.75) is 36.7 Å². The molecule has 1 aliphatic heterocycles. The van der Waals surface area contributed by atoms with Crippen molar-refractivity contribution in [2.24, 2.45) is 0 Å². The first kappa shape index (κ1) is 22.4. The Hall–Kier alpha value is -2.84. The van der Waals surface area contributed by atoms with Crippen LogP contribution >= 0.6 is 23.4 Å². The predicted octanol–water partition coefficient (Wildman–Crippen LogP) is 5.10. The zero-order valence-electron chi connectivity index (χ0n) is 17.5. The number of ether oxygens (including phenoxy) is 1. The number of carbonyl (C=O) groups is 2. The number of amides is 2. The summed E-state index contributed by atoms with van der Waals surface area (Å²) in [5, 5.41) is 8.56. The second-order valence-corrected chi connectivity index (χ2v) is 8.83. The summed E-state index contributed by atoms with van der Waals surface area (Å²) in [6.45, 7) is 2.90. The highest BCUT2D eigenvalue weighted by atomic mass is 35.5. The van der Waals surface area contributed by atoms with Gasteiger partial charge < -0.3 is 9.15 Å². The zero-order chi connectivity index (χ0) is 22.5. The molecule has 7 nitrogen and oxygen atoms in total.